The van der Waals surface area contributed by atoms with Crippen molar-refractivity contribution in [3.8, 4) is 0 Å². The van der Waals surface area contributed by atoms with Gasteiger partial charge in [-0.2, -0.15) is 4.98 Å². The molecule has 1 aromatic carbocycles. The zero-order valence-corrected chi connectivity index (χ0v) is 15.2. The number of carbonyl (C=O) groups is 2. The first-order valence-electron chi connectivity index (χ1n) is 7.50. The predicted molar refractivity (Wildman–Crippen MR) is 95.5 cm³/mol. The minimum atomic E-state index is -1.10. The van der Waals surface area contributed by atoms with Gasteiger partial charge in [-0.3, -0.25) is 4.79 Å². The maximum atomic E-state index is 12.2. The van der Waals surface area contributed by atoms with E-state index in [4.69, 9.17) is 27.9 Å². The van der Waals surface area contributed by atoms with Gasteiger partial charge in [-0.25, -0.2) is 14.3 Å². The molecule has 8 nitrogen and oxygen atoms in total. The van der Waals surface area contributed by atoms with Crippen LogP contribution in [0.15, 0.2) is 30.5 Å². The van der Waals surface area contributed by atoms with Gasteiger partial charge in [0.25, 0.3) is 17.5 Å². The minimum Gasteiger partial charge on any atom is -0.447 e. The molecule has 0 spiro atoms. The molecule has 0 bridgehead atoms. The van der Waals surface area contributed by atoms with Crippen LogP contribution in [0.3, 0.4) is 0 Å². The average molecular weight is 394 g/mol. The Morgan fingerprint density at radius 3 is 2.77 bits per heavy atom. The van der Waals surface area contributed by atoms with Crippen LogP contribution >= 0.6 is 23.2 Å². The fraction of sp³-hybridized carbons (Fsp3) is 0.188. The van der Waals surface area contributed by atoms with Crippen molar-refractivity contribution >= 4 is 46.5 Å². The lowest BCUT2D eigenvalue weighted by Crippen LogP contribution is -2.30. The van der Waals surface area contributed by atoms with Gasteiger partial charge in [-0.15, -0.1) is 5.10 Å². The first kappa shape index (κ1) is 18.1. The molecule has 1 unspecified atom stereocenters. The molecule has 0 aliphatic carbocycles. The van der Waals surface area contributed by atoms with E-state index in [0.717, 1.165) is 5.69 Å². The summed E-state index contributed by atoms with van der Waals surface area (Å²) in [4.78, 5) is 32.4. The Bertz CT molecular complexity index is 1000. The number of nitrogens with zero attached hydrogens (tertiary/aromatic N) is 4. The molecule has 1 atom stereocenters. The van der Waals surface area contributed by atoms with Gasteiger partial charge >= 0.3 is 5.97 Å². The Balaban J connectivity index is 1.70. The van der Waals surface area contributed by atoms with E-state index < -0.39 is 18.0 Å². The topological polar surface area (TPSA) is 98.5 Å². The van der Waals surface area contributed by atoms with Gasteiger partial charge in [0.15, 0.2) is 6.10 Å². The van der Waals surface area contributed by atoms with Gasteiger partial charge in [0.05, 0.1) is 10.7 Å². The summed E-state index contributed by atoms with van der Waals surface area (Å²) in [6.07, 6.45) is 0.456. The largest absolute Gasteiger partial charge is 0.447 e. The number of fused-ring (bicyclic) bond motifs is 1. The van der Waals surface area contributed by atoms with Crippen LogP contribution < -0.4 is 5.32 Å². The van der Waals surface area contributed by atoms with Gasteiger partial charge in [0, 0.05) is 16.9 Å². The van der Waals surface area contributed by atoms with E-state index in [-0.39, 0.29) is 11.6 Å². The molecule has 3 aromatic rings. The molecule has 10 heteroatoms. The highest BCUT2D eigenvalue weighted by atomic mass is 35.5. The van der Waals surface area contributed by atoms with Crippen LogP contribution in [0.5, 0.6) is 0 Å². The maximum Gasteiger partial charge on any atom is 0.379 e. The van der Waals surface area contributed by atoms with Crippen LogP contribution in [-0.2, 0) is 9.53 Å². The highest BCUT2D eigenvalue weighted by molar-refractivity contribution is 6.35. The molecule has 26 heavy (non-hydrogen) atoms. The van der Waals surface area contributed by atoms with Crippen LogP contribution in [0, 0.1) is 6.92 Å². The molecule has 3 rings (SSSR count). The minimum absolute atomic E-state index is 0.188. The lowest BCUT2D eigenvalue weighted by Gasteiger charge is -2.13. The summed E-state index contributed by atoms with van der Waals surface area (Å²) in [7, 11) is 0. The lowest BCUT2D eigenvalue weighted by molar-refractivity contribution is -0.123. The summed E-state index contributed by atoms with van der Waals surface area (Å²) >= 11 is 11.9. The summed E-state index contributed by atoms with van der Waals surface area (Å²) in [6, 6.07) is 6.36. The van der Waals surface area contributed by atoms with Crippen LogP contribution in [0.4, 0.5) is 5.69 Å². The zero-order valence-electron chi connectivity index (χ0n) is 13.7. The molecule has 0 saturated carbocycles. The van der Waals surface area contributed by atoms with E-state index >= 15 is 0 Å². The van der Waals surface area contributed by atoms with E-state index in [1.165, 1.54) is 17.5 Å². The fourth-order valence-electron chi connectivity index (χ4n) is 2.09. The second-order valence-electron chi connectivity index (χ2n) is 5.39. The molecular weight excluding hydrogens is 381 g/mol. The number of esters is 1. The van der Waals surface area contributed by atoms with Crippen LogP contribution in [0.1, 0.15) is 23.2 Å². The van der Waals surface area contributed by atoms with Crippen molar-refractivity contribution in [2.45, 2.75) is 20.0 Å². The monoisotopic (exact) mass is 393 g/mol. The van der Waals surface area contributed by atoms with Gasteiger partial charge < -0.3 is 10.1 Å². The Labute approximate surface area is 158 Å². The van der Waals surface area contributed by atoms with Crippen molar-refractivity contribution in [2.24, 2.45) is 0 Å². The first-order chi connectivity index (χ1) is 12.3. The number of benzene rings is 1. The highest BCUT2D eigenvalue weighted by Gasteiger charge is 2.23. The Morgan fingerprint density at radius 2 is 2.04 bits per heavy atom. The highest BCUT2D eigenvalue weighted by Crippen LogP contribution is 2.25. The third-order valence-corrected chi connectivity index (χ3v) is 4.02. The Hall–Kier alpha value is -2.71. The van der Waals surface area contributed by atoms with E-state index in [9.17, 15) is 9.59 Å². The molecule has 2 heterocycles. The van der Waals surface area contributed by atoms with Crippen LogP contribution in [-0.4, -0.2) is 37.6 Å². The second-order valence-corrected chi connectivity index (χ2v) is 6.24. The molecule has 0 aliphatic rings. The number of aryl methyl sites for hydroxylation is 1. The Kier molecular flexibility index (Phi) is 5.06. The summed E-state index contributed by atoms with van der Waals surface area (Å²) < 4.78 is 6.53. The second kappa shape index (κ2) is 7.27. The number of aromatic nitrogens is 4. The van der Waals surface area contributed by atoms with E-state index in [1.807, 2.05) is 0 Å². The summed E-state index contributed by atoms with van der Waals surface area (Å²) in [5.41, 5.74) is 1.07. The number of carbonyl (C=O) groups excluding carboxylic acids is 2. The molecular formula is C16H13Cl2N5O3. The van der Waals surface area contributed by atoms with Crippen molar-refractivity contribution in [3.05, 3.63) is 52.0 Å². The van der Waals surface area contributed by atoms with Gasteiger partial charge in [-0.1, -0.05) is 23.2 Å². The number of ether oxygens (including phenoxy) is 1. The summed E-state index contributed by atoms with van der Waals surface area (Å²) in [5.74, 6) is -1.33. The summed E-state index contributed by atoms with van der Waals surface area (Å²) in [5, 5.41) is 7.30. The van der Waals surface area contributed by atoms with Crippen molar-refractivity contribution in [1.82, 2.24) is 19.6 Å². The van der Waals surface area contributed by atoms with Crippen molar-refractivity contribution in [3.63, 3.8) is 0 Å². The van der Waals surface area contributed by atoms with Crippen LogP contribution in [0.2, 0.25) is 10.0 Å². The molecule has 1 amide bonds. The van der Waals surface area contributed by atoms with E-state index in [1.54, 1.807) is 31.3 Å². The number of amides is 1. The predicted octanol–water partition coefficient (Wildman–Crippen LogP) is 2.92. The number of hydrogen-bond acceptors (Lipinski definition) is 6. The molecule has 134 valence electrons. The van der Waals surface area contributed by atoms with Crippen molar-refractivity contribution in [2.75, 3.05) is 5.32 Å². The van der Waals surface area contributed by atoms with E-state index in [0.29, 0.717) is 15.7 Å². The number of anilines is 1. The maximum absolute atomic E-state index is 12.2. The molecule has 0 radical (unpaired) electrons. The van der Waals surface area contributed by atoms with Gasteiger partial charge in [0.1, 0.15) is 0 Å². The third kappa shape index (κ3) is 3.76. The molecule has 0 fully saturated rings. The van der Waals surface area contributed by atoms with Crippen molar-refractivity contribution < 1.29 is 14.3 Å². The fourth-order valence-corrected chi connectivity index (χ4v) is 2.42. The average Bonchev–Trinajstić information content (AvgIpc) is 3.04. The first-order valence-corrected chi connectivity index (χ1v) is 8.26. The van der Waals surface area contributed by atoms with Gasteiger partial charge in [-0.05, 0) is 38.1 Å². The zero-order chi connectivity index (χ0) is 18.8. The molecule has 0 aliphatic heterocycles. The molecule has 2 aromatic heterocycles. The lowest BCUT2D eigenvalue weighted by atomic mass is 10.3. The third-order valence-electron chi connectivity index (χ3n) is 3.45. The van der Waals surface area contributed by atoms with E-state index in [2.05, 4.69) is 20.4 Å². The standard InChI is InChI=1S/C16H13Cl2N5O3/c1-8-5-6-19-16-21-13(22-23(8)16)15(25)26-9(2)14(24)20-12-7-10(17)3-4-11(12)18/h3-7,9H,1-2H3,(H,20,24). The number of hydrogen-bond donors (Lipinski definition) is 1. The van der Waals surface area contributed by atoms with Gasteiger partial charge in [0.2, 0.25) is 0 Å². The smallest absolute Gasteiger partial charge is 0.379 e. The molecule has 0 saturated heterocycles. The number of halogens is 2. The van der Waals surface area contributed by atoms with Crippen molar-refractivity contribution in [1.29, 1.82) is 0 Å². The normalized spacial score (nSPS) is 12.0. The summed E-state index contributed by atoms with van der Waals surface area (Å²) in [6.45, 7) is 3.22. The molecule has 1 N–H and O–H groups in total. The SMILES string of the molecule is Cc1ccnc2nc(C(=O)OC(C)C(=O)Nc3cc(Cl)ccc3Cl)nn12. The quantitative estimate of drug-likeness (QED) is 0.684. The number of rotatable bonds is 4. The van der Waals surface area contributed by atoms with Crippen LogP contribution in [0.25, 0.3) is 5.78 Å². The number of nitrogens with one attached hydrogen (secondary N) is 1. The Morgan fingerprint density at radius 1 is 1.27 bits per heavy atom.